The number of rotatable bonds is 8. The molecule has 4 rings (SSSR count). The number of nitrogens with one attached hydrogen (secondary N) is 1. The van der Waals surface area contributed by atoms with E-state index in [-0.39, 0.29) is 12.7 Å². The van der Waals surface area contributed by atoms with Crippen LogP contribution in [0.3, 0.4) is 0 Å². The first kappa shape index (κ1) is 30.2. The van der Waals surface area contributed by atoms with Crippen molar-refractivity contribution < 1.29 is 19.0 Å². The molecule has 2 aromatic heterocycles. The first-order valence-corrected chi connectivity index (χ1v) is 12.8. The second kappa shape index (κ2) is 16.0. The topological polar surface area (TPSA) is 82.6 Å². The van der Waals surface area contributed by atoms with Gasteiger partial charge < -0.3 is 14.2 Å². The number of carbonyl (C=O) groups excluding carboxylic acids is 1. The summed E-state index contributed by atoms with van der Waals surface area (Å²) in [5, 5.41) is 3.31. The highest BCUT2D eigenvalue weighted by atomic mass is 32.1. The van der Waals surface area contributed by atoms with Crippen LogP contribution in [-0.2, 0) is 4.74 Å². The number of benzene rings is 2. The second-order valence-corrected chi connectivity index (χ2v) is 9.18. The Balaban J connectivity index is 0.000000298. The van der Waals surface area contributed by atoms with Gasteiger partial charge in [0.15, 0.2) is 11.9 Å². The van der Waals surface area contributed by atoms with Crippen LogP contribution in [0, 0.1) is 13.8 Å². The fourth-order valence-electron chi connectivity index (χ4n) is 2.68. The molecule has 0 aliphatic heterocycles. The molecule has 200 valence electrons. The third kappa shape index (κ3) is 10.5. The highest BCUT2D eigenvalue weighted by molar-refractivity contribution is 7.22. The molecule has 0 unspecified atom stereocenters. The van der Waals surface area contributed by atoms with Gasteiger partial charge in [0.1, 0.15) is 17.2 Å². The van der Waals surface area contributed by atoms with Crippen LogP contribution in [0.2, 0.25) is 0 Å². The highest BCUT2D eigenvalue weighted by Gasteiger charge is 2.11. The van der Waals surface area contributed by atoms with Crippen molar-refractivity contribution in [1.82, 2.24) is 9.97 Å². The lowest BCUT2D eigenvalue weighted by Crippen LogP contribution is -2.13. The van der Waals surface area contributed by atoms with E-state index in [4.69, 9.17) is 14.2 Å². The van der Waals surface area contributed by atoms with Crippen LogP contribution < -0.4 is 14.8 Å². The van der Waals surface area contributed by atoms with E-state index in [1.807, 2.05) is 69.3 Å². The number of nitrogens with zero attached hydrogens (tertiary/aromatic N) is 2. The quantitative estimate of drug-likeness (QED) is 0.145. The average Bonchev–Trinajstić information content (AvgIpc) is 3.32. The van der Waals surface area contributed by atoms with Crippen LogP contribution in [0.4, 0.5) is 5.13 Å². The molecule has 0 saturated heterocycles. The maximum Gasteiger partial charge on any atom is 0.276 e. The molecule has 0 bridgehead atoms. The number of hydrogen-bond acceptors (Lipinski definition) is 7. The third-order valence-electron chi connectivity index (χ3n) is 4.84. The van der Waals surface area contributed by atoms with Crippen molar-refractivity contribution in [2.24, 2.45) is 0 Å². The van der Waals surface area contributed by atoms with Crippen molar-refractivity contribution in [1.29, 1.82) is 0 Å². The average molecular weight is 534 g/mol. The maximum atomic E-state index is 12.2. The van der Waals surface area contributed by atoms with E-state index in [1.54, 1.807) is 25.4 Å². The Hall–Kier alpha value is -4.01. The van der Waals surface area contributed by atoms with Gasteiger partial charge in [0.05, 0.1) is 17.3 Å². The number of allylic oxidation sites excluding steroid dienone is 2. The summed E-state index contributed by atoms with van der Waals surface area (Å²) in [6, 6.07) is 17.1. The van der Waals surface area contributed by atoms with Crippen LogP contribution in [0.5, 0.6) is 11.5 Å². The van der Waals surface area contributed by atoms with Crippen molar-refractivity contribution in [2.45, 2.75) is 27.7 Å². The minimum absolute atomic E-state index is 0.212. The summed E-state index contributed by atoms with van der Waals surface area (Å²) >= 11 is 1.39. The van der Waals surface area contributed by atoms with Crippen LogP contribution in [-0.4, -0.2) is 36.4 Å². The van der Waals surface area contributed by atoms with E-state index in [2.05, 4.69) is 35.4 Å². The molecule has 1 N–H and O–H groups in total. The molecule has 0 atom stereocenters. The summed E-state index contributed by atoms with van der Waals surface area (Å²) in [5.74, 6) is 1.35. The summed E-state index contributed by atoms with van der Waals surface area (Å²) in [6.45, 7) is 15.6. The Morgan fingerprint density at radius 1 is 1.05 bits per heavy atom. The Labute approximate surface area is 228 Å². The van der Waals surface area contributed by atoms with Crippen molar-refractivity contribution >= 4 is 32.6 Å². The lowest BCUT2D eigenvalue weighted by atomic mass is 10.2. The number of aryl methyl sites for hydroxylation is 2. The Bertz CT molecular complexity index is 1320. The number of fused-ring (bicyclic) bond motifs is 1. The zero-order valence-electron chi connectivity index (χ0n) is 22.6. The zero-order chi connectivity index (χ0) is 27.9. The van der Waals surface area contributed by atoms with Gasteiger partial charge in [-0.2, -0.15) is 0 Å². The summed E-state index contributed by atoms with van der Waals surface area (Å²) in [5.41, 5.74) is 4.45. The van der Waals surface area contributed by atoms with Crippen LogP contribution in [0.1, 0.15) is 35.5 Å². The van der Waals surface area contributed by atoms with Gasteiger partial charge in [0.25, 0.3) is 5.91 Å². The Kier molecular flexibility index (Phi) is 12.7. The van der Waals surface area contributed by atoms with E-state index < -0.39 is 0 Å². The van der Waals surface area contributed by atoms with Crippen LogP contribution in [0.25, 0.3) is 10.2 Å². The maximum absolute atomic E-state index is 12.2. The number of amides is 1. The molecule has 2 aromatic carbocycles. The normalized spacial score (nSPS) is 9.82. The monoisotopic (exact) mass is 533 g/mol. The Morgan fingerprint density at radius 3 is 2.29 bits per heavy atom. The van der Waals surface area contributed by atoms with Crippen LogP contribution in [0.15, 0.2) is 85.6 Å². The molecule has 0 saturated carbocycles. The fraction of sp³-hybridized carbons (Fsp3) is 0.233. The first-order chi connectivity index (χ1) is 18.2. The minimum atomic E-state index is -0.276. The zero-order valence-corrected chi connectivity index (χ0v) is 23.4. The molecular formula is C30H35N3O4S. The van der Waals surface area contributed by atoms with Gasteiger partial charge in [-0.05, 0) is 69.7 Å². The van der Waals surface area contributed by atoms with Crippen molar-refractivity contribution in [3.8, 4) is 11.5 Å². The summed E-state index contributed by atoms with van der Waals surface area (Å²) in [7, 11) is 1.67. The molecule has 0 fully saturated rings. The van der Waals surface area contributed by atoms with Gasteiger partial charge >= 0.3 is 0 Å². The lowest BCUT2D eigenvalue weighted by Gasteiger charge is -2.04. The van der Waals surface area contributed by atoms with Crippen molar-refractivity contribution in [3.05, 3.63) is 102 Å². The number of methoxy groups -OCH3 is 1. The second-order valence-electron chi connectivity index (χ2n) is 8.15. The summed E-state index contributed by atoms with van der Waals surface area (Å²) in [4.78, 5) is 20.7. The number of carbonyl (C=O) groups is 1. The predicted molar refractivity (Wildman–Crippen MR) is 156 cm³/mol. The van der Waals surface area contributed by atoms with Crippen LogP contribution >= 0.6 is 11.3 Å². The van der Waals surface area contributed by atoms with E-state index >= 15 is 0 Å². The molecule has 7 nitrogen and oxygen atoms in total. The lowest BCUT2D eigenvalue weighted by molar-refractivity contribution is 0.0225. The number of anilines is 1. The first-order valence-electron chi connectivity index (χ1n) is 12.0. The predicted octanol–water partition coefficient (Wildman–Crippen LogP) is 7.38. The molecule has 0 aliphatic carbocycles. The molecule has 2 heterocycles. The smallest absolute Gasteiger partial charge is 0.276 e. The molecule has 38 heavy (non-hydrogen) atoms. The standard InChI is InChI=1S/C17H17N3O3S.C8H10O.C5H8/c1-3-22-10-23-12-5-7-13-15(8-12)24-17(19-13)20-16(21)14-6-4-11(2)9-18-14;1-7-3-5-8(9-2)6-4-7;1-4-5(2)3/h4-9H,3,10H2,1-2H3,(H,19,20,21);3-6H,1-2H3;4H,1-2H2,3H3. The number of ether oxygens (including phenoxy) is 3. The van der Waals surface area contributed by atoms with E-state index in [0.717, 1.165) is 27.1 Å². The molecule has 1 amide bonds. The van der Waals surface area contributed by atoms with Gasteiger partial charge in [-0.25, -0.2) is 4.98 Å². The molecular weight excluding hydrogens is 498 g/mol. The van der Waals surface area contributed by atoms with E-state index in [9.17, 15) is 4.79 Å². The van der Waals surface area contributed by atoms with Crippen molar-refractivity contribution in [3.63, 3.8) is 0 Å². The molecule has 4 aromatic rings. The van der Waals surface area contributed by atoms with Gasteiger partial charge in [0, 0.05) is 12.8 Å². The van der Waals surface area contributed by atoms with Crippen molar-refractivity contribution in [2.75, 3.05) is 25.8 Å². The largest absolute Gasteiger partial charge is 0.497 e. The van der Waals surface area contributed by atoms with Gasteiger partial charge in [-0.1, -0.05) is 59.9 Å². The third-order valence-corrected chi connectivity index (χ3v) is 5.78. The number of hydrogen-bond donors (Lipinski definition) is 1. The SMILES string of the molecule is C=CC(=C)C.CCOCOc1ccc2nc(NC(=O)c3ccc(C)cn3)sc2c1.COc1ccc(C)cc1. The number of thiazole rings is 1. The van der Waals surface area contributed by atoms with E-state index in [1.165, 1.54) is 16.9 Å². The number of aromatic nitrogens is 2. The molecule has 8 heteroatoms. The number of pyridine rings is 1. The summed E-state index contributed by atoms with van der Waals surface area (Å²) in [6.07, 6.45) is 3.38. The van der Waals surface area contributed by atoms with Gasteiger partial charge in [0.2, 0.25) is 0 Å². The van der Waals surface area contributed by atoms with Gasteiger partial charge in [-0.15, -0.1) is 0 Å². The van der Waals surface area contributed by atoms with E-state index in [0.29, 0.717) is 23.2 Å². The molecule has 0 aliphatic rings. The van der Waals surface area contributed by atoms with Gasteiger partial charge in [-0.3, -0.25) is 15.1 Å². The molecule has 0 spiro atoms. The minimum Gasteiger partial charge on any atom is -0.497 e. The Morgan fingerprint density at radius 2 is 1.71 bits per heavy atom. The highest BCUT2D eigenvalue weighted by Crippen LogP contribution is 2.29. The summed E-state index contributed by atoms with van der Waals surface area (Å²) < 4.78 is 16.5. The fourth-order valence-corrected chi connectivity index (χ4v) is 3.57. The molecule has 0 radical (unpaired) electrons.